The second-order valence-electron chi connectivity index (χ2n) is 5.74. The Morgan fingerprint density at radius 2 is 1.80 bits per heavy atom. The maximum Gasteiger partial charge on any atom is 0.416 e. The molecular weight excluding hydrogens is 338 g/mol. The highest BCUT2D eigenvalue weighted by Gasteiger charge is 2.31. The van der Waals surface area contributed by atoms with Crippen molar-refractivity contribution in [3.8, 4) is 0 Å². The van der Waals surface area contributed by atoms with Gasteiger partial charge in [-0.2, -0.15) is 13.2 Å². The fraction of sp³-hybridized carbons (Fsp3) is 0.222. The quantitative estimate of drug-likeness (QED) is 0.702. The van der Waals surface area contributed by atoms with Gasteiger partial charge in [0.2, 0.25) is 0 Å². The number of halogens is 4. The minimum atomic E-state index is -4.46. The van der Waals surface area contributed by atoms with E-state index in [2.05, 4.69) is 0 Å². The van der Waals surface area contributed by atoms with Gasteiger partial charge in [0.05, 0.1) is 18.2 Å². The van der Waals surface area contributed by atoms with E-state index in [4.69, 9.17) is 0 Å². The van der Waals surface area contributed by atoms with E-state index in [-0.39, 0.29) is 0 Å². The summed E-state index contributed by atoms with van der Waals surface area (Å²) < 4.78 is 53.6. The molecule has 2 atom stereocenters. The van der Waals surface area contributed by atoms with E-state index >= 15 is 0 Å². The Hall–Kier alpha value is -2.38. The van der Waals surface area contributed by atoms with Gasteiger partial charge in [-0.3, -0.25) is 0 Å². The molecule has 0 saturated heterocycles. The molecule has 0 bridgehead atoms. The number of aliphatic hydroxyl groups is 2. The lowest BCUT2D eigenvalue weighted by Gasteiger charge is -2.25. The van der Waals surface area contributed by atoms with Crippen molar-refractivity contribution < 1.29 is 27.8 Å². The zero-order valence-corrected chi connectivity index (χ0v) is 12.9. The van der Waals surface area contributed by atoms with Crippen LogP contribution in [0.2, 0.25) is 0 Å². The average molecular weight is 353 g/mol. The molecular formula is C18H15F4NO2. The van der Waals surface area contributed by atoms with E-state index in [0.29, 0.717) is 16.5 Å². The van der Waals surface area contributed by atoms with Crippen molar-refractivity contribution in [1.82, 2.24) is 4.57 Å². The summed E-state index contributed by atoms with van der Waals surface area (Å²) >= 11 is 0. The van der Waals surface area contributed by atoms with Crippen molar-refractivity contribution >= 4 is 10.9 Å². The molecule has 25 heavy (non-hydrogen) atoms. The largest absolute Gasteiger partial charge is 0.416 e. The fourth-order valence-corrected chi connectivity index (χ4v) is 2.94. The Kier molecular flexibility index (Phi) is 4.53. The first kappa shape index (κ1) is 17.4. The maximum atomic E-state index is 13.6. The molecule has 1 heterocycles. The van der Waals surface area contributed by atoms with Gasteiger partial charge in [-0.15, -0.1) is 0 Å². The molecule has 0 aliphatic rings. The normalized spacial score (nSPS) is 14.6. The first-order valence-electron chi connectivity index (χ1n) is 7.53. The maximum absolute atomic E-state index is 13.6. The Morgan fingerprint density at radius 3 is 2.44 bits per heavy atom. The Labute approximate surface area is 140 Å². The standard InChI is InChI=1S/C18H15F4NO2/c19-14-3-1-2-12(9-14)17(16(25)10-24)23-7-6-11-8-13(18(20,21)22)4-5-15(11)23/h1-9,16-17,24-25H,10H2/t16-,17+/m1/s1. The monoisotopic (exact) mass is 353 g/mol. The van der Waals surface area contributed by atoms with Gasteiger partial charge in [-0.25, -0.2) is 4.39 Å². The molecule has 3 aromatic rings. The lowest BCUT2D eigenvalue weighted by atomic mass is 10.0. The number of aliphatic hydroxyl groups excluding tert-OH is 2. The van der Waals surface area contributed by atoms with Gasteiger partial charge in [0.25, 0.3) is 0 Å². The number of benzene rings is 2. The van der Waals surface area contributed by atoms with Gasteiger partial charge in [-0.1, -0.05) is 12.1 Å². The third-order valence-corrected chi connectivity index (χ3v) is 4.09. The fourth-order valence-electron chi connectivity index (χ4n) is 2.94. The van der Waals surface area contributed by atoms with Crippen LogP contribution in [0.25, 0.3) is 10.9 Å². The van der Waals surface area contributed by atoms with Crippen LogP contribution in [0.15, 0.2) is 54.7 Å². The van der Waals surface area contributed by atoms with E-state index < -0.39 is 36.3 Å². The van der Waals surface area contributed by atoms with Gasteiger partial charge < -0.3 is 14.8 Å². The van der Waals surface area contributed by atoms with Crippen LogP contribution in [0.3, 0.4) is 0 Å². The molecule has 0 aliphatic carbocycles. The third kappa shape index (κ3) is 3.38. The van der Waals surface area contributed by atoms with Crippen molar-refractivity contribution in [2.45, 2.75) is 18.3 Å². The molecule has 2 aromatic carbocycles. The summed E-state index contributed by atoms with van der Waals surface area (Å²) in [6.07, 6.45) is -4.19. The lowest BCUT2D eigenvalue weighted by molar-refractivity contribution is -0.137. The predicted molar refractivity (Wildman–Crippen MR) is 84.6 cm³/mol. The predicted octanol–water partition coefficient (Wildman–Crippen LogP) is 3.74. The van der Waals surface area contributed by atoms with Crippen molar-refractivity contribution in [3.05, 3.63) is 71.7 Å². The van der Waals surface area contributed by atoms with Crippen LogP contribution < -0.4 is 0 Å². The first-order chi connectivity index (χ1) is 11.8. The van der Waals surface area contributed by atoms with Gasteiger partial charge in [-0.05, 0) is 42.0 Å². The van der Waals surface area contributed by atoms with Crippen molar-refractivity contribution in [2.75, 3.05) is 6.61 Å². The van der Waals surface area contributed by atoms with Crippen LogP contribution in [0.1, 0.15) is 17.2 Å². The number of nitrogens with zero attached hydrogens (tertiary/aromatic N) is 1. The Bertz CT molecular complexity index is 888. The molecule has 7 heteroatoms. The van der Waals surface area contributed by atoms with E-state index in [0.717, 1.165) is 12.1 Å². The van der Waals surface area contributed by atoms with Gasteiger partial charge in [0.1, 0.15) is 11.9 Å². The van der Waals surface area contributed by atoms with Gasteiger partial charge in [0, 0.05) is 17.1 Å². The molecule has 2 N–H and O–H groups in total. The SMILES string of the molecule is OC[C@@H](O)[C@H](c1cccc(F)c1)n1ccc2cc(C(F)(F)F)ccc21. The van der Waals surface area contributed by atoms with E-state index in [1.54, 1.807) is 6.07 Å². The molecule has 0 spiro atoms. The van der Waals surface area contributed by atoms with Crippen LogP contribution in [0.5, 0.6) is 0 Å². The lowest BCUT2D eigenvalue weighted by Crippen LogP contribution is -2.28. The summed E-state index contributed by atoms with van der Waals surface area (Å²) in [4.78, 5) is 0. The molecule has 1 aromatic heterocycles. The average Bonchev–Trinajstić information content (AvgIpc) is 2.97. The Balaban J connectivity index is 2.13. The van der Waals surface area contributed by atoms with Crippen LogP contribution in [0, 0.1) is 5.82 Å². The van der Waals surface area contributed by atoms with Crippen LogP contribution in [-0.4, -0.2) is 27.5 Å². The van der Waals surface area contributed by atoms with Crippen LogP contribution >= 0.6 is 0 Å². The van der Waals surface area contributed by atoms with E-state index in [1.807, 2.05) is 0 Å². The van der Waals surface area contributed by atoms with Crippen LogP contribution in [-0.2, 0) is 6.18 Å². The van der Waals surface area contributed by atoms with Gasteiger partial charge >= 0.3 is 6.18 Å². The summed E-state index contributed by atoms with van der Waals surface area (Å²) in [6.45, 7) is -0.582. The van der Waals surface area contributed by atoms with E-state index in [1.165, 1.54) is 41.1 Å². The number of hydrogen-bond acceptors (Lipinski definition) is 2. The minimum absolute atomic E-state index is 0.335. The second-order valence-corrected chi connectivity index (χ2v) is 5.74. The number of hydrogen-bond donors (Lipinski definition) is 2. The first-order valence-corrected chi connectivity index (χ1v) is 7.53. The summed E-state index contributed by atoms with van der Waals surface area (Å²) in [5.74, 6) is -0.511. The summed E-state index contributed by atoms with van der Waals surface area (Å²) in [7, 11) is 0. The smallest absolute Gasteiger partial charge is 0.394 e. The summed E-state index contributed by atoms with van der Waals surface area (Å²) in [5.41, 5.74) is 0.0662. The van der Waals surface area contributed by atoms with E-state index in [9.17, 15) is 27.8 Å². The highest BCUT2D eigenvalue weighted by atomic mass is 19.4. The molecule has 0 saturated carbocycles. The highest BCUT2D eigenvalue weighted by Crippen LogP contribution is 2.34. The zero-order chi connectivity index (χ0) is 18.2. The molecule has 0 fully saturated rings. The molecule has 0 radical (unpaired) electrons. The topological polar surface area (TPSA) is 45.4 Å². The molecule has 3 rings (SSSR count). The summed E-state index contributed by atoms with van der Waals surface area (Å²) in [5, 5.41) is 19.9. The molecule has 0 unspecified atom stereocenters. The molecule has 3 nitrogen and oxygen atoms in total. The third-order valence-electron chi connectivity index (χ3n) is 4.09. The number of rotatable bonds is 4. The van der Waals surface area contributed by atoms with Crippen molar-refractivity contribution in [2.24, 2.45) is 0 Å². The van der Waals surface area contributed by atoms with Crippen LogP contribution in [0.4, 0.5) is 17.6 Å². The molecule has 0 amide bonds. The number of aromatic nitrogens is 1. The van der Waals surface area contributed by atoms with Crippen molar-refractivity contribution in [3.63, 3.8) is 0 Å². The number of fused-ring (bicyclic) bond motifs is 1. The molecule has 0 aliphatic heterocycles. The second kappa shape index (κ2) is 6.50. The Morgan fingerprint density at radius 1 is 1.04 bits per heavy atom. The summed E-state index contributed by atoms with van der Waals surface area (Å²) in [6, 6.07) is 9.43. The minimum Gasteiger partial charge on any atom is -0.394 e. The van der Waals surface area contributed by atoms with Crippen molar-refractivity contribution in [1.29, 1.82) is 0 Å². The highest BCUT2D eigenvalue weighted by molar-refractivity contribution is 5.81. The zero-order valence-electron chi connectivity index (χ0n) is 12.9. The number of alkyl halides is 3. The molecule has 132 valence electrons. The van der Waals surface area contributed by atoms with Gasteiger partial charge in [0.15, 0.2) is 0 Å².